The van der Waals surface area contributed by atoms with E-state index in [0.29, 0.717) is 23.6 Å². The predicted molar refractivity (Wildman–Crippen MR) is 122 cm³/mol. The molecule has 3 N–H and O–H groups in total. The van der Waals surface area contributed by atoms with Gasteiger partial charge in [-0.2, -0.15) is 0 Å². The van der Waals surface area contributed by atoms with Crippen LogP contribution in [0.25, 0.3) is 11.4 Å². The van der Waals surface area contributed by atoms with Gasteiger partial charge in [0.05, 0.1) is 0 Å². The van der Waals surface area contributed by atoms with E-state index in [9.17, 15) is 9.59 Å². The number of carbonyl (C=O) groups is 1. The van der Waals surface area contributed by atoms with Gasteiger partial charge in [-0.3, -0.25) is 9.59 Å². The molecule has 0 bridgehead atoms. The molecule has 0 saturated heterocycles. The Kier molecular flexibility index (Phi) is 6.11. The number of amides is 1. The molecule has 1 amide bonds. The lowest BCUT2D eigenvalue weighted by Crippen LogP contribution is -2.20. The van der Waals surface area contributed by atoms with Gasteiger partial charge in [-0.05, 0) is 56.5 Å². The number of aromatic nitrogens is 3. The summed E-state index contributed by atoms with van der Waals surface area (Å²) < 4.78 is 0. The number of nitrogens with zero attached hydrogens (tertiary/aromatic N) is 2. The molecule has 0 spiro atoms. The van der Waals surface area contributed by atoms with Gasteiger partial charge < -0.3 is 15.6 Å². The van der Waals surface area contributed by atoms with Gasteiger partial charge in [0.2, 0.25) is 5.91 Å². The fraction of sp³-hybridized carbons (Fsp3) is 0.333. The minimum atomic E-state index is -0.135. The van der Waals surface area contributed by atoms with E-state index >= 15 is 0 Å². The van der Waals surface area contributed by atoms with Crippen molar-refractivity contribution < 1.29 is 4.79 Å². The Balaban J connectivity index is 1.38. The van der Waals surface area contributed by atoms with Crippen molar-refractivity contribution in [3.63, 3.8) is 0 Å². The monoisotopic (exact) mass is 417 g/mol. The standard InChI is InChI=1S/C24H27N5O2/c1-15-16(2)27-22(29-23(15)30)19-10-11-21(26-14-19)25-13-17-6-5-9-20(12-17)28-24(31)18-7-3-4-8-18/h5-6,9-12,14,18H,3-4,7-8,13H2,1-2H3,(H,25,26)(H,28,31)(H,27,29,30). The van der Waals surface area contributed by atoms with E-state index in [0.717, 1.165) is 48.3 Å². The van der Waals surface area contributed by atoms with E-state index in [-0.39, 0.29) is 17.4 Å². The van der Waals surface area contributed by atoms with Gasteiger partial charge >= 0.3 is 0 Å². The normalized spacial score (nSPS) is 13.9. The molecule has 160 valence electrons. The number of rotatable bonds is 6. The summed E-state index contributed by atoms with van der Waals surface area (Å²) in [6.45, 7) is 4.16. The maximum Gasteiger partial charge on any atom is 0.254 e. The van der Waals surface area contributed by atoms with Gasteiger partial charge in [0.15, 0.2) is 0 Å². The number of pyridine rings is 1. The summed E-state index contributed by atoms with van der Waals surface area (Å²) in [5.41, 5.74) is 3.82. The van der Waals surface area contributed by atoms with Crippen LogP contribution >= 0.6 is 0 Å². The Labute approximate surface area is 181 Å². The number of benzene rings is 1. The van der Waals surface area contributed by atoms with Crippen molar-refractivity contribution in [3.8, 4) is 11.4 Å². The number of H-pyrrole nitrogens is 1. The molecule has 1 aliphatic rings. The minimum absolute atomic E-state index is 0.123. The number of hydrogen-bond donors (Lipinski definition) is 3. The summed E-state index contributed by atoms with van der Waals surface area (Å²) >= 11 is 0. The molecule has 0 unspecified atom stereocenters. The number of nitrogens with one attached hydrogen (secondary N) is 3. The third-order valence-corrected chi connectivity index (χ3v) is 5.83. The first kappa shape index (κ1) is 20.8. The molecule has 7 heteroatoms. The van der Waals surface area contributed by atoms with Crippen LogP contribution in [0.2, 0.25) is 0 Å². The van der Waals surface area contributed by atoms with Gasteiger partial charge in [-0.15, -0.1) is 0 Å². The summed E-state index contributed by atoms with van der Waals surface area (Å²) in [7, 11) is 0. The lowest BCUT2D eigenvalue weighted by atomic mass is 10.1. The zero-order valence-electron chi connectivity index (χ0n) is 17.9. The molecule has 1 aliphatic carbocycles. The third kappa shape index (κ3) is 4.99. The van der Waals surface area contributed by atoms with Crippen LogP contribution < -0.4 is 16.2 Å². The zero-order valence-corrected chi connectivity index (χ0v) is 17.9. The summed E-state index contributed by atoms with van der Waals surface area (Å²) in [5.74, 6) is 1.50. The zero-order chi connectivity index (χ0) is 21.8. The minimum Gasteiger partial charge on any atom is -0.366 e. The van der Waals surface area contributed by atoms with Crippen LogP contribution in [-0.2, 0) is 11.3 Å². The van der Waals surface area contributed by atoms with Crippen LogP contribution in [0.1, 0.15) is 42.5 Å². The highest BCUT2D eigenvalue weighted by molar-refractivity contribution is 5.92. The van der Waals surface area contributed by atoms with Crippen LogP contribution in [0.3, 0.4) is 0 Å². The average Bonchev–Trinajstić information content (AvgIpc) is 3.32. The lowest BCUT2D eigenvalue weighted by molar-refractivity contribution is -0.119. The van der Waals surface area contributed by atoms with Crippen molar-refractivity contribution in [2.45, 2.75) is 46.1 Å². The van der Waals surface area contributed by atoms with Crippen LogP contribution in [0.4, 0.5) is 11.5 Å². The molecule has 1 fully saturated rings. The first-order valence-corrected chi connectivity index (χ1v) is 10.7. The maximum atomic E-state index is 12.4. The first-order valence-electron chi connectivity index (χ1n) is 10.7. The molecule has 0 radical (unpaired) electrons. The highest BCUT2D eigenvalue weighted by Gasteiger charge is 2.22. The molecule has 0 aliphatic heterocycles. The lowest BCUT2D eigenvalue weighted by Gasteiger charge is -2.12. The second-order valence-corrected chi connectivity index (χ2v) is 8.08. The molecule has 0 atom stereocenters. The number of aromatic amines is 1. The largest absolute Gasteiger partial charge is 0.366 e. The molecule has 3 aromatic rings. The van der Waals surface area contributed by atoms with Crippen molar-refractivity contribution in [2.24, 2.45) is 5.92 Å². The molecular formula is C24H27N5O2. The summed E-state index contributed by atoms with van der Waals surface area (Å²) in [4.78, 5) is 36.0. The van der Waals surface area contributed by atoms with E-state index in [1.807, 2.05) is 43.3 Å². The van der Waals surface area contributed by atoms with Gasteiger partial charge in [0.25, 0.3) is 5.56 Å². The smallest absolute Gasteiger partial charge is 0.254 e. The molecular weight excluding hydrogens is 390 g/mol. The fourth-order valence-electron chi connectivity index (χ4n) is 3.80. The fourth-order valence-corrected chi connectivity index (χ4v) is 3.80. The predicted octanol–water partition coefficient (Wildman–Crippen LogP) is 4.19. The number of anilines is 2. The maximum absolute atomic E-state index is 12.4. The number of carbonyl (C=O) groups excluding carboxylic acids is 1. The third-order valence-electron chi connectivity index (χ3n) is 5.83. The highest BCUT2D eigenvalue weighted by atomic mass is 16.2. The van der Waals surface area contributed by atoms with E-state index in [4.69, 9.17) is 0 Å². The van der Waals surface area contributed by atoms with E-state index in [1.165, 1.54) is 0 Å². The van der Waals surface area contributed by atoms with Gasteiger partial charge in [-0.25, -0.2) is 9.97 Å². The second kappa shape index (κ2) is 9.12. The highest BCUT2D eigenvalue weighted by Crippen LogP contribution is 2.26. The van der Waals surface area contributed by atoms with Crippen LogP contribution in [0, 0.1) is 19.8 Å². The molecule has 2 heterocycles. The summed E-state index contributed by atoms with van der Waals surface area (Å²) in [6, 6.07) is 11.6. The van der Waals surface area contributed by atoms with Crippen molar-refractivity contribution in [1.82, 2.24) is 15.0 Å². The van der Waals surface area contributed by atoms with Crippen molar-refractivity contribution in [1.29, 1.82) is 0 Å². The van der Waals surface area contributed by atoms with E-state index in [1.54, 1.807) is 13.1 Å². The van der Waals surface area contributed by atoms with E-state index < -0.39 is 0 Å². The Morgan fingerprint density at radius 1 is 1.16 bits per heavy atom. The molecule has 2 aromatic heterocycles. The summed E-state index contributed by atoms with van der Waals surface area (Å²) in [5, 5.41) is 6.33. The van der Waals surface area contributed by atoms with Gasteiger partial charge in [-0.1, -0.05) is 25.0 Å². The van der Waals surface area contributed by atoms with Crippen LogP contribution in [-0.4, -0.2) is 20.9 Å². The Bertz CT molecular complexity index is 1130. The average molecular weight is 418 g/mol. The molecule has 1 saturated carbocycles. The molecule has 4 rings (SSSR count). The Hall–Kier alpha value is -3.48. The van der Waals surface area contributed by atoms with Crippen LogP contribution in [0.5, 0.6) is 0 Å². The summed E-state index contributed by atoms with van der Waals surface area (Å²) in [6.07, 6.45) is 5.95. The first-order chi connectivity index (χ1) is 15.0. The van der Waals surface area contributed by atoms with Crippen molar-refractivity contribution in [2.75, 3.05) is 10.6 Å². The Morgan fingerprint density at radius 3 is 2.68 bits per heavy atom. The number of aryl methyl sites for hydroxylation is 1. The quantitative estimate of drug-likeness (QED) is 0.558. The van der Waals surface area contributed by atoms with Crippen molar-refractivity contribution in [3.05, 3.63) is 69.8 Å². The van der Waals surface area contributed by atoms with Gasteiger partial charge in [0.1, 0.15) is 11.6 Å². The molecule has 31 heavy (non-hydrogen) atoms. The van der Waals surface area contributed by atoms with Crippen molar-refractivity contribution >= 4 is 17.4 Å². The van der Waals surface area contributed by atoms with Crippen LogP contribution in [0.15, 0.2) is 47.4 Å². The van der Waals surface area contributed by atoms with E-state index in [2.05, 4.69) is 25.6 Å². The molecule has 7 nitrogen and oxygen atoms in total. The van der Waals surface area contributed by atoms with Gasteiger partial charge in [0, 0.05) is 41.2 Å². The topological polar surface area (TPSA) is 99.8 Å². The second-order valence-electron chi connectivity index (χ2n) is 8.08. The SMILES string of the molecule is Cc1nc(-c2ccc(NCc3cccc(NC(=O)C4CCCC4)c3)nc2)[nH]c(=O)c1C. The number of hydrogen-bond acceptors (Lipinski definition) is 5. The Morgan fingerprint density at radius 2 is 1.97 bits per heavy atom. The molecule has 1 aromatic carbocycles.